The van der Waals surface area contributed by atoms with Crippen molar-refractivity contribution < 1.29 is 13.7 Å². The van der Waals surface area contributed by atoms with Crippen molar-refractivity contribution >= 4 is 34.1 Å². The number of nitriles is 1. The summed E-state index contributed by atoms with van der Waals surface area (Å²) < 4.78 is 10.9. The van der Waals surface area contributed by atoms with Crippen molar-refractivity contribution in [3.63, 3.8) is 0 Å². The van der Waals surface area contributed by atoms with Crippen molar-refractivity contribution in [2.45, 2.75) is 10.8 Å². The number of carbonyl (C=O) groups is 1. The molecular formula is C13H9N5O3S2. The minimum absolute atomic E-state index is 0.116. The fourth-order valence-electron chi connectivity index (χ4n) is 1.58. The van der Waals surface area contributed by atoms with Crippen LogP contribution in [0.25, 0.3) is 11.5 Å². The Kier molecular flexibility index (Phi) is 4.70. The van der Waals surface area contributed by atoms with Gasteiger partial charge in [-0.05, 0) is 12.1 Å². The third kappa shape index (κ3) is 3.77. The first-order valence-corrected chi connectivity index (χ1v) is 8.21. The van der Waals surface area contributed by atoms with Crippen molar-refractivity contribution in [3.8, 4) is 17.6 Å². The summed E-state index contributed by atoms with van der Waals surface area (Å²) in [5.74, 6) is 1.04. The average Bonchev–Trinajstić information content (AvgIpc) is 3.29. The molecule has 3 rings (SSSR count). The molecule has 0 radical (unpaired) electrons. The van der Waals surface area contributed by atoms with Gasteiger partial charge in [-0.25, -0.2) is 0 Å². The number of carbonyl (C=O) groups excluding carboxylic acids is 1. The maximum atomic E-state index is 12.1. The van der Waals surface area contributed by atoms with E-state index in [1.165, 1.54) is 35.4 Å². The average molecular weight is 347 g/mol. The largest absolute Gasteiger partial charge is 0.461 e. The number of hydrogen-bond donors (Lipinski definition) is 1. The zero-order chi connectivity index (χ0) is 16.1. The predicted octanol–water partition coefficient (Wildman–Crippen LogP) is 3.04. The van der Waals surface area contributed by atoms with E-state index in [4.69, 9.17) is 14.2 Å². The zero-order valence-corrected chi connectivity index (χ0v) is 13.2. The van der Waals surface area contributed by atoms with Gasteiger partial charge in [0.2, 0.25) is 10.9 Å². The molecule has 1 amide bonds. The summed E-state index contributed by atoms with van der Waals surface area (Å²) in [6.07, 6.45) is 1.94. The zero-order valence-electron chi connectivity index (χ0n) is 11.6. The molecule has 8 nitrogen and oxygen atoms in total. The summed E-state index contributed by atoms with van der Waals surface area (Å²) in [6, 6.07) is 6.95. The number of aromatic nitrogens is 3. The fourth-order valence-corrected chi connectivity index (χ4v) is 3.24. The van der Waals surface area contributed by atoms with Crippen LogP contribution < -0.4 is 5.32 Å². The van der Waals surface area contributed by atoms with E-state index in [0.717, 1.165) is 0 Å². The highest BCUT2D eigenvalue weighted by Gasteiger charge is 2.17. The lowest BCUT2D eigenvalue weighted by Crippen LogP contribution is -2.11. The second kappa shape index (κ2) is 7.08. The van der Waals surface area contributed by atoms with Gasteiger partial charge in [0.05, 0.1) is 12.3 Å². The molecule has 0 aliphatic heterocycles. The Hall–Kier alpha value is -2.64. The molecule has 10 heteroatoms. The van der Waals surface area contributed by atoms with Crippen LogP contribution in [0.3, 0.4) is 0 Å². The maximum Gasteiger partial charge on any atom is 0.279 e. The maximum absolute atomic E-state index is 12.1. The van der Waals surface area contributed by atoms with Crippen LogP contribution in [0.15, 0.2) is 37.7 Å². The summed E-state index contributed by atoms with van der Waals surface area (Å²) >= 11 is 2.65. The summed E-state index contributed by atoms with van der Waals surface area (Å²) in [4.78, 5) is 12.1. The molecule has 0 aliphatic rings. The fraction of sp³-hybridized carbons (Fsp3) is 0.154. The number of nitrogens with zero attached hydrogens (tertiary/aromatic N) is 4. The van der Waals surface area contributed by atoms with E-state index in [2.05, 4.69) is 26.7 Å². The number of hydrogen-bond acceptors (Lipinski definition) is 9. The topological polar surface area (TPSA) is 118 Å². The minimum atomic E-state index is -0.448. The monoisotopic (exact) mass is 347 g/mol. The summed E-state index contributed by atoms with van der Waals surface area (Å²) in [5, 5.41) is 23.0. The summed E-state index contributed by atoms with van der Waals surface area (Å²) in [5.41, 5.74) is 0.116. The van der Waals surface area contributed by atoms with Crippen molar-refractivity contribution in [1.82, 2.24) is 15.4 Å². The molecule has 0 bridgehead atoms. The Morgan fingerprint density at radius 1 is 1.43 bits per heavy atom. The van der Waals surface area contributed by atoms with E-state index >= 15 is 0 Å². The molecular weight excluding hydrogens is 338 g/mol. The Labute approximate surface area is 138 Å². The lowest BCUT2D eigenvalue weighted by Gasteiger charge is -1.94. The smallest absolute Gasteiger partial charge is 0.279 e. The van der Waals surface area contributed by atoms with Gasteiger partial charge in [0, 0.05) is 18.2 Å². The van der Waals surface area contributed by atoms with E-state index in [0.29, 0.717) is 33.2 Å². The van der Waals surface area contributed by atoms with Crippen LogP contribution >= 0.6 is 23.1 Å². The van der Waals surface area contributed by atoms with Crippen molar-refractivity contribution in [3.05, 3.63) is 30.2 Å². The van der Waals surface area contributed by atoms with Gasteiger partial charge in [0.25, 0.3) is 5.91 Å². The molecule has 0 fully saturated rings. The van der Waals surface area contributed by atoms with Gasteiger partial charge in [-0.15, -0.1) is 10.2 Å². The SMILES string of the molecule is N#CCCSc1nnc(NC(=O)c2cc(-c3ccco3)on2)s1. The number of furan rings is 1. The lowest BCUT2D eigenvalue weighted by atomic mass is 10.3. The second-order valence-electron chi connectivity index (χ2n) is 4.14. The molecule has 3 heterocycles. The standard InChI is InChI=1S/C13H9N5O3S2/c14-4-2-6-22-13-17-16-12(23-13)15-11(19)8-7-10(21-18-8)9-3-1-5-20-9/h1,3,5,7H,2,6H2,(H,15,16,19). The molecule has 3 aromatic heterocycles. The third-order valence-electron chi connectivity index (χ3n) is 2.57. The first-order chi connectivity index (χ1) is 11.3. The predicted molar refractivity (Wildman–Crippen MR) is 83.0 cm³/mol. The Morgan fingerprint density at radius 3 is 3.13 bits per heavy atom. The van der Waals surface area contributed by atoms with Crippen LogP contribution in [0, 0.1) is 11.3 Å². The highest BCUT2D eigenvalue weighted by molar-refractivity contribution is 8.01. The number of anilines is 1. The Balaban J connectivity index is 1.62. The molecule has 0 aromatic carbocycles. The van der Waals surface area contributed by atoms with Gasteiger partial charge in [0.1, 0.15) is 0 Å². The third-order valence-corrected chi connectivity index (χ3v) is 4.55. The molecule has 0 saturated heterocycles. The van der Waals surface area contributed by atoms with Crippen molar-refractivity contribution in [1.29, 1.82) is 5.26 Å². The number of nitrogens with one attached hydrogen (secondary N) is 1. The first kappa shape index (κ1) is 15.3. The Bertz CT molecular complexity index is 834. The van der Waals surface area contributed by atoms with E-state index in [1.54, 1.807) is 12.1 Å². The van der Waals surface area contributed by atoms with Crippen LogP contribution in [0.5, 0.6) is 0 Å². The molecule has 0 saturated carbocycles. The molecule has 3 aromatic rings. The van der Waals surface area contributed by atoms with Crippen LogP contribution in [0.2, 0.25) is 0 Å². The van der Waals surface area contributed by atoms with E-state index in [1.807, 2.05) is 0 Å². The van der Waals surface area contributed by atoms with Gasteiger partial charge < -0.3 is 8.94 Å². The van der Waals surface area contributed by atoms with Gasteiger partial charge >= 0.3 is 0 Å². The molecule has 0 spiro atoms. The van der Waals surface area contributed by atoms with Crippen molar-refractivity contribution in [2.75, 3.05) is 11.1 Å². The van der Waals surface area contributed by atoms with Crippen LogP contribution in [0.1, 0.15) is 16.9 Å². The number of amides is 1. The molecule has 0 aliphatic carbocycles. The van der Waals surface area contributed by atoms with Gasteiger partial charge in [0.15, 0.2) is 15.8 Å². The van der Waals surface area contributed by atoms with Crippen LogP contribution in [0.4, 0.5) is 5.13 Å². The van der Waals surface area contributed by atoms with E-state index in [9.17, 15) is 4.79 Å². The second-order valence-corrected chi connectivity index (χ2v) is 6.46. The van der Waals surface area contributed by atoms with Crippen LogP contribution in [-0.2, 0) is 0 Å². The Morgan fingerprint density at radius 2 is 2.35 bits per heavy atom. The highest BCUT2D eigenvalue weighted by Crippen LogP contribution is 2.26. The number of thioether (sulfide) groups is 1. The molecule has 0 unspecified atom stereocenters. The normalized spacial score (nSPS) is 10.4. The summed E-state index contributed by atoms with van der Waals surface area (Å²) in [7, 11) is 0. The molecule has 116 valence electrons. The quantitative estimate of drug-likeness (QED) is 0.410. The number of rotatable bonds is 6. The van der Waals surface area contributed by atoms with Gasteiger partial charge in [-0.3, -0.25) is 10.1 Å². The highest BCUT2D eigenvalue weighted by atomic mass is 32.2. The minimum Gasteiger partial charge on any atom is -0.461 e. The van der Waals surface area contributed by atoms with Crippen LogP contribution in [-0.4, -0.2) is 27.0 Å². The first-order valence-electron chi connectivity index (χ1n) is 6.41. The van der Waals surface area contributed by atoms with Gasteiger partial charge in [-0.1, -0.05) is 28.3 Å². The lowest BCUT2D eigenvalue weighted by molar-refractivity contribution is 0.101. The van der Waals surface area contributed by atoms with E-state index in [-0.39, 0.29) is 5.69 Å². The van der Waals surface area contributed by atoms with Crippen molar-refractivity contribution in [2.24, 2.45) is 0 Å². The molecule has 0 atom stereocenters. The summed E-state index contributed by atoms with van der Waals surface area (Å²) in [6.45, 7) is 0. The van der Waals surface area contributed by atoms with E-state index < -0.39 is 5.91 Å². The van der Waals surface area contributed by atoms with Gasteiger partial charge in [-0.2, -0.15) is 5.26 Å². The molecule has 1 N–H and O–H groups in total. The molecule has 23 heavy (non-hydrogen) atoms.